The first kappa shape index (κ1) is 12.0. The van der Waals surface area contributed by atoms with Crippen LogP contribution in [0.1, 0.15) is 0 Å². The zero-order valence-corrected chi connectivity index (χ0v) is 9.15. The molecular weight excluding hydrogens is 230 g/mol. The van der Waals surface area contributed by atoms with Crippen LogP contribution in [0.5, 0.6) is 0 Å². The number of halogens is 1. The molecule has 0 atom stereocenters. The first-order chi connectivity index (χ1) is 7.67. The van der Waals surface area contributed by atoms with Gasteiger partial charge in [0.2, 0.25) is 0 Å². The monoisotopic (exact) mass is 237 g/mol. The largest absolute Gasteiger partial charge is 0.465 e. The van der Waals surface area contributed by atoms with Gasteiger partial charge < -0.3 is 10.1 Å². The first-order valence-corrected chi connectivity index (χ1v) is 4.62. The molecule has 1 N–H and O–H groups in total. The Bertz CT molecular complexity index is 448. The third kappa shape index (κ3) is 3.26. The molecule has 0 spiro atoms. The minimum atomic E-state index is -0.697. The normalized spacial score (nSPS) is 10.4. The predicted molar refractivity (Wildman–Crippen MR) is 58.6 cm³/mol. The molecule has 16 heavy (non-hydrogen) atoms. The number of nitrogens with one attached hydrogen (secondary N) is 1. The number of carbonyl (C=O) groups is 1. The standard InChI is InChI=1S/C10H8ClN3O2/c1-16-10(15)7(4-12)5-13-8-2-3-9(11)14-6-8/h2-3,5-6,13H,1H3. The molecule has 0 aromatic carbocycles. The number of esters is 1. The number of rotatable bonds is 3. The Morgan fingerprint density at radius 2 is 2.44 bits per heavy atom. The fourth-order valence-electron chi connectivity index (χ4n) is 0.864. The lowest BCUT2D eigenvalue weighted by molar-refractivity contribution is -0.135. The van der Waals surface area contributed by atoms with E-state index in [1.54, 1.807) is 18.2 Å². The molecule has 0 radical (unpaired) electrons. The van der Waals surface area contributed by atoms with Crippen molar-refractivity contribution in [2.45, 2.75) is 0 Å². The van der Waals surface area contributed by atoms with Gasteiger partial charge in [-0.15, -0.1) is 0 Å². The zero-order chi connectivity index (χ0) is 12.0. The summed E-state index contributed by atoms with van der Waals surface area (Å²) in [5, 5.41) is 11.7. The molecule has 1 aromatic heterocycles. The SMILES string of the molecule is COC(=O)C(C#N)=CNc1ccc(Cl)nc1. The molecule has 0 aliphatic heterocycles. The van der Waals surface area contributed by atoms with Crippen LogP contribution in [0.2, 0.25) is 5.15 Å². The number of pyridine rings is 1. The van der Waals surface area contributed by atoms with Crippen molar-refractivity contribution < 1.29 is 9.53 Å². The van der Waals surface area contributed by atoms with Crippen molar-refractivity contribution in [1.82, 2.24) is 4.98 Å². The number of nitrogens with zero attached hydrogens (tertiary/aromatic N) is 2. The highest BCUT2D eigenvalue weighted by atomic mass is 35.5. The number of aromatic nitrogens is 1. The smallest absolute Gasteiger partial charge is 0.350 e. The average Bonchev–Trinajstić information content (AvgIpc) is 2.31. The van der Waals surface area contributed by atoms with E-state index in [1.807, 2.05) is 0 Å². The van der Waals surface area contributed by atoms with Gasteiger partial charge in [-0.3, -0.25) is 0 Å². The highest BCUT2D eigenvalue weighted by molar-refractivity contribution is 6.29. The van der Waals surface area contributed by atoms with E-state index >= 15 is 0 Å². The molecular formula is C10H8ClN3O2. The van der Waals surface area contributed by atoms with E-state index in [0.717, 1.165) is 0 Å². The Labute approximate surface area is 97.3 Å². The van der Waals surface area contributed by atoms with Gasteiger partial charge in [0.1, 0.15) is 11.2 Å². The summed E-state index contributed by atoms with van der Waals surface area (Å²) in [4.78, 5) is 14.9. The molecule has 0 saturated carbocycles. The van der Waals surface area contributed by atoms with E-state index in [1.165, 1.54) is 19.5 Å². The molecule has 0 aliphatic rings. The Morgan fingerprint density at radius 3 is 2.94 bits per heavy atom. The van der Waals surface area contributed by atoms with Crippen molar-refractivity contribution in [1.29, 1.82) is 5.26 Å². The van der Waals surface area contributed by atoms with Crippen molar-refractivity contribution in [2.24, 2.45) is 0 Å². The Balaban J connectivity index is 2.75. The van der Waals surface area contributed by atoms with Crippen LogP contribution in [0.4, 0.5) is 5.69 Å². The topological polar surface area (TPSA) is 75.0 Å². The van der Waals surface area contributed by atoms with E-state index in [2.05, 4.69) is 15.0 Å². The molecule has 1 rings (SSSR count). The van der Waals surface area contributed by atoms with E-state index in [-0.39, 0.29) is 5.57 Å². The van der Waals surface area contributed by atoms with Crippen molar-refractivity contribution in [2.75, 3.05) is 12.4 Å². The maximum atomic E-state index is 11.0. The van der Waals surface area contributed by atoms with Crippen LogP contribution >= 0.6 is 11.6 Å². The van der Waals surface area contributed by atoms with E-state index in [0.29, 0.717) is 10.8 Å². The van der Waals surface area contributed by atoms with Gasteiger partial charge in [0, 0.05) is 6.20 Å². The van der Waals surface area contributed by atoms with Crippen LogP contribution in [0.3, 0.4) is 0 Å². The summed E-state index contributed by atoms with van der Waals surface area (Å²) in [7, 11) is 1.21. The fourth-order valence-corrected chi connectivity index (χ4v) is 0.975. The molecule has 82 valence electrons. The number of hydrogen-bond donors (Lipinski definition) is 1. The Hall–Kier alpha value is -2.06. The summed E-state index contributed by atoms with van der Waals surface area (Å²) < 4.78 is 4.40. The van der Waals surface area contributed by atoms with Crippen LogP contribution in [0.25, 0.3) is 0 Å². The van der Waals surface area contributed by atoms with Crippen LogP contribution in [0.15, 0.2) is 30.1 Å². The minimum Gasteiger partial charge on any atom is -0.465 e. The average molecular weight is 238 g/mol. The maximum Gasteiger partial charge on any atom is 0.350 e. The van der Waals surface area contributed by atoms with E-state index in [9.17, 15) is 4.79 Å². The number of ether oxygens (including phenoxy) is 1. The van der Waals surface area contributed by atoms with Gasteiger partial charge in [-0.2, -0.15) is 5.26 Å². The third-order valence-corrected chi connectivity index (χ3v) is 1.86. The van der Waals surface area contributed by atoms with Crippen LogP contribution < -0.4 is 5.32 Å². The van der Waals surface area contributed by atoms with Crippen LogP contribution in [-0.4, -0.2) is 18.1 Å². The highest BCUT2D eigenvalue weighted by Gasteiger charge is 2.07. The second-order valence-corrected chi connectivity index (χ2v) is 3.06. The summed E-state index contributed by atoms with van der Waals surface area (Å²) in [6.45, 7) is 0. The molecule has 0 saturated heterocycles. The number of anilines is 1. The fraction of sp³-hybridized carbons (Fsp3) is 0.100. The Morgan fingerprint density at radius 1 is 1.69 bits per heavy atom. The van der Waals surface area contributed by atoms with Crippen LogP contribution in [-0.2, 0) is 9.53 Å². The first-order valence-electron chi connectivity index (χ1n) is 4.24. The molecule has 0 aliphatic carbocycles. The number of carbonyl (C=O) groups excluding carboxylic acids is 1. The quantitative estimate of drug-likeness (QED) is 0.375. The molecule has 0 unspecified atom stereocenters. The molecule has 5 nitrogen and oxygen atoms in total. The van der Waals surface area contributed by atoms with Gasteiger partial charge in [-0.05, 0) is 12.1 Å². The second kappa shape index (κ2) is 5.73. The third-order valence-electron chi connectivity index (χ3n) is 1.64. The zero-order valence-electron chi connectivity index (χ0n) is 8.40. The summed E-state index contributed by atoms with van der Waals surface area (Å²) >= 11 is 5.59. The van der Waals surface area contributed by atoms with Gasteiger partial charge in [0.25, 0.3) is 0 Å². The number of methoxy groups -OCH3 is 1. The molecule has 1 aromatic rings. The van der Waals surface area contributed by atoms with Crippen LogP contribution in [0, 0.1) is 11.3 Å². The van der Waals surface area contributed by atoms with E-state index in [4.69, 9.17) is 16.9 Å². The van der Waals surface area contributed by atoms with E-state index < -0.39 is 5.97 Å². The molecule has 0 bridgehead atoms. The van der Waals surface area contributed by atoms with Gasteiger partial charge in [0.05, 0.1) is 19.0 Å². The van der Waals surface area contributed by atoms with Crippen molar-refractivity contribution >= 4 is 23.3 Å². The maximum absolute atomic E-state index is 11.0. The number of hydrogen-bond acceptors (Lipinski definition) is 5. The molecule has 6 heteroatoms. The second-order valence-electron chi connectivity index (χ2n) is 2.68. The summed E-state index contributed by atoms with van der Waals surface area (Å²) in [5.74, 6) is -0.697. The van der Waals surface area contributed by atoms with Gasteiger partial charge in [-0.25, -0.2) is 9.78 Å². The lowest BCUT2D eigenvalue weighted by Gasteiger charge is -2.00. The molecule has 0 fully saturated rings. The van der Waals surface area contributed by atoms with Crippen molar-refractivity contribution in [3.63, 3.8) is 0 Å². The summed E-state index contributed by atoms with van der Waals surface area (Å²) in [6, 6.07) is 4.96. The lowest BCUT2D eigenvalue weighted by Crippen LogP contribution is -2.05. The molecule has 1 heterocycles. The highest BCUT2D eigenvalue weighted by Crippen LogP contribution is 2.10. The summed E-state index contributed by atoms with van der Waals surface area (Å²) in [6.07, 6.45) is 2.72. The minimum absolute atomic E-state index is 0.127. The molecule has 0 amide bonds. The predicted octanol–water partition coefficient (Wildman–Crippen LogP) is 1.73. The lowest BCUT2D eigenvalue weighted by atomic mass is 10.3. The van der Waals surface area contributed by atoms with Gasteiger partial charge in [-0.1, -0.05) is 11.6 Å². The van der Waals surface area contributed by atoms with Gasteiger partial charge in [0.15, 0.2) is 5.57 Å². The van der Waals surface area contributed by atoms with Gasteiger partial charge >= 0.3 is 5.97 Å². The van der Waals surface area contributed by atoms with Crippen molar-refractivity contribution in [3.05, 3.63) is 35.3 Å². The summed E-state index contributed by atoms with van der Waals surface area (Å²) in [5.41, 5.74) is 0.485. The Kier molecular flexibility index (Phi) is 4.30. The number of nitriles is 1. The van der Waals surface area contributed by atoms with Crippen molar-refractivity contribution in [3.8, 4) is 6.07 Å².